The SMILES string of the molecule is CNC(=O)CO/N=C(\C(=O)O)c1csc(NC(c2ccccc2)(c2ccccc2)c2ccccc2)n1. The van der Waals surface area contributed by atoms with E-state index in [-0.39, 0.29) is 5.69 Å². The first-order valence-corrected chi connectivity index (χ1v) is 12.0. The number of oxime groups is 1. The van der Waals surface area contributed by atoms with Gasteiger partial charge in [-0.2, -0.15) is 0 Å². The van der Waals surface area contributed by atoms with Crippen LogP contribution in [0.15, 0.2) is 102 Å². The van der Waals surface area contributed by atoms with E-state index in [0.717, 1.165) is 16.7 Å². The number of carboxylic acids is 1. The van der Waals surface area contributed by atoms with Crippen LogP contribution in [0, 0.1) is 0 Å². The number of aliphatic carboxylic acids is 1. The quantitative estimate of drug-likeness (QED) is 0.172. The Morgan fingerprint density at radius 2 is 1.42 bits per heavy atom. The van der Waals surface area contributed by atoms with Gasteiger partial charge in [-0.05, 0) is 16.7 Å². The summed E-state index contributed by atoms with van der Waals surface area (Å²) in [7, 11) is 1.45. The van der Waals surface area contributed by atoms with Crippen LogP contribution in [-0.2, 0) is 20.0 Å². The van der Waals surface area contributed by atoms with Gasteiger partial charge in [-0.1, -0.05) is 96.2 Å². The molecule has 1 amide bonds. The molecule has 0 radical (unpaired) electrons. The third-order valence-electron chi connectivity index (χ3n) is 5.49. The fourth-order valence-electron chi connectivity index (χ4n) is 3.80. The number of anilines is 1. The van der Waals surface area contributed by atoms with Gasteiger partial charge in [0, 0.05) is 12.4 Å². The molecule has 0 fully saturated rings. The van der Waals surface area contributed by atoms with Crippen LogP contribution in [-0.4, -0.2) is 41.3 Å². The van der Waals surface area contributed by atoms with Gasteiger partial charge in [-0.25, -0.2) is 9.78 Å². The summed E-state index contributed by atoms with van der Waals surface area (Å²) in [6.45, 7) is -0.401. The van der Waals surface area contributed by atoms with Crippen molar-refractivity contribution in [3.8, 4) is 0 Å². The average Bonchev–Trinajstić information content (AvgIpc) is 3.38. The summed E-state index contributed by atoms with van der Waals surface area (Å²) in [6.07, 6.45) is 0. The zero-order chi connectivity index (χ0) is 25.4. The lowest BCUT2D eigenvalue weighted by Crippen LogP contribution is -2.38. The molecule has 0 spiro atoms. The Hall–Kier alpha value is -4.50. The fourth-order valence-corrected chi connectivity index (χ4v) is 4.55. The minimum absolute atomic E-state index is 0.120. The van der Waals surface area contributed by atoms with Crippen LogP contribution in [0.5, 0.6) is 0 Å². The first kappa shape index (κ1) is 24.6. The minimum atomic E-state index is -1.32. The Kier molecular flexibility index (Phi) is 7.72. The van der Waals surface area contributed by atoms with Crippen LogP contribution in [0.4, 0.5) is 5.13 Å². The van der Waals surface area contributed by atoms with Crippen LogP contribution in [0.3, 0.4) is 0 Å². The number of aromatic nitrogens is 1. The van der Waals surface area contributed by atoms with Gasteiger partial charge in [0.1, 0.15) is 11.2 Å². The molecule has 0 bridgehead atoms. The number of amides is 1. The first-order valence-electron chi connectivity index (χ1n) is 11.1. The molecule has 3 aromatic carbocycles. The normalized spacial score (nSPS) is 11.5. The van der Waals surface area contributed by atoms with E-state index in [1.54, 1.807) is 5.38 Å². The largest absolute Gasteiger partial charge is 0.476 e. The second-order valence-electron chi connectivity index (χ2n) is 7.70. The topological polar surface area (TPSA) is 113 Å². The number of nitrogens with zero attached hydrogens (tertiary/aromatic N) is 2. The molecule has 1 aromatic heterocycles. The number of nitrogens with one attached hydrogen (secondary N) is 2. The molecule has 0 aliphatic rings. The maximum atomic E-state index is 11.8. The Morgan fingerprint density at radius 1 is 0.917 bits per heavy atom. The summed E-state index contributed by atoms with van der Waals surface area (Å²) in [5, 5.41) is 21.3. The molecule has 4 rings (SSSR count). The van der Waals surface area contributed by atoms with E-state index >= 15 is 0 Å². The number of carbonyl (C=O) groups excluding carboxylic acids is 1. The summed E-state index contributed by atoms with van der Waals surface area (Å²) in [6, 6.07) is 30.0. The van der Waals surface area contributed by atoms with Gasteiger partial charge < -0.3 is 20.6 Å². The molecule has 0 aliphatic heterocycles. The van der Waals surface area contributed by atoms with Crippen molar-refractivity contribution in [2.75, 3.05) is 19.0 Å². The second kappa shape index (κ2) is 11.3. The van der Waals surface area contributed by atoms with Crippen molar-refractivity contribution in [1.29, 1.82) is 0 Å². The highest BCUT2D eigenvalue weighted by Gasteiger charge is 2.37. The van der Waals surface area contributed by atoms with E-state index in [1.807, 2.05) is 91.0 Å². The summed E-state index contributed by atoms with van der Waals surface area (Å²) < 4.78 is 0. The van der Waals surface area contributed by atoms with Crippen molar-refractivity contribution in [3.63, 3.8) is 0 Å². The number of hydrogen-bond donors (Lipinski definition) is 3. The summed E-state index contributed by atoms with van der Waals surface area (Å²) in [5.41, 5.74) is 1.87. The summed E-state index contributed by atoms with van der Waals surface area (Å²) in [4.78, 5) is 32.7. The molecule has 0 aliphatic carbocycles. The molecule has 0 atom stereocenters. The summed E-state index contributed by atoms with van der Waals surface area (Å²) >= 11 is 1.25. The Bertz CT molecular complexity index is 1250. The third kappa shape index (κ3) is 5.26. The van der Waals surface area contributed by atoms with Crippen LogP contribution in [0.2, 0.25) is 0 Å². The van der Waals surface area contributed by atoms with Gasteiger partial charge in [0.25, 0.3) is 5.91 Å². The zero-order valence-corrected chi connectivity index (χ0v) is 20.2. The molecule has 3 N–H and O–H groups in total. The molecule has 0 unspecified atom stereocenters. The lowest BCUT2D eigenvalue weighted by atomic mass is 9.77. The predicted molar refractivity (Wildman–Crippen MR) is 139 cm³/mol. The number of rotatable bonds is 10. The number of benzene rings is 3. The second-order valence-corrected chi connectivity index (χ2v) is 8.56. The zero-order valence-electron chi connectivity index (χ0n) is 19.4. The number of likely N-dealkylation sites (N-methyl/N-ethyl adjacent to an activating group) is 1. The number of thiazole rings is 1. The summed E-state index contributed by atoms with van der Waals surface area (Å²) in [5.74, 6) is -1.74. The number of carboxylic acid groups (broad SMARTS) is 1. The van der Waals surface area contributed by atoms with Crippen LogP contribution >= 0.6 is 11.3 Å². The molecule has 182 valence electrons. The third-order valence-corrected chi connectivity index (χ3v) is 6.25. The fraction of sp³-hybridized carbons (Fsp3) is 0.111. The minimum Gasteiger partial charge on any atom is -0.476 e. The van der Waals surface area contributed by atoms with E-state index < -0.39 is 29.7 Å². The van der Waals surface area contributed by atoms with E-state index in [4.69, 9.17) is 4.84 Å². The lowest BCUT2D eigenvalue weighted by molar-refractivity contribution is -0.130. The number of carbonyl (C=O) groups is 2. The standard InChI is InChI=1S/C27H24N4O4S/c1-28-23(32)17-35-31-24(25(33)34)22-18-36-26(29-22)30-27(19-11-5-2-6-12-19,20-13-7-3-8-14-20)21-15-9-4-10-16-21/h2-16,18H,17H2,1H3,(H,28,32)(H,29,30)(H,33,34)/b31-24-. The first-order chi connectivity index (χ1) is 17.5. The monoisotopic (exact) mass is 500 g/mol. The molecule has 1 heterocycles. The lowest BCUT2D eigenvalue weighted by Gasteiger charge is -2.36. The molecule has 8 nitrogen and oxygen atoms in total. The van der Waals surface area contributed by atoms with Gasteiger partial charge >= 0.3 is 5.97 Å². The smallest absolute Gasteiger partial charge is 0.360 e. The highest BCUT2D eigenvalue weighted by molar-refractivity contribution is 7.14. The van der Waals surface area contributed by atoms with Gasteiger partial charge in [-0.3, -0.25) is 4.79 Å². The van der Waals surface area contributed by atoms with E-state index in [9.17, 15) is 14.7 Å². The van der Waals surface area contributed by atoms with Gasteiger partial charge in [0.05, 0.1) is 0 Å². The Labute approximate surface area is 212 Å². The average molecular weight is 501 g/mol. The van der Waals surface area contributed by atoms with Crippen molar-refractivity contribution in [1.82, 2.24) is 10.3 Å². The van der Waals surface area contributed by atoms with Gasteiger partial charge in [-0.15, -0.1) is 11.3 Å². The molecule has 0 saturated carbocycles. The maximum Gasteiger partial charge on any atom is 0.360 e. The molecule has 4 aromatic rings. The maximum absolute atomic E-state index is 11.8. The van der Waals surface area contributed by atoms with Crippen LogP contribution < -0.4 is 10.6 Å². The van der Waals surface area contributed by atoms with Crippen molar-refractivity contribution < 1.29 is 19.5 Å². The predicted octanol–water partition coefficient (Wildman–Crippen LogP) is 4.10. The Morgan fingerprint density at radius 3 is 1.86 bits per heavy atom. The molecule has 9 heteroatoms. The van der Waals surface area contributed by atoms with E-state index in [2.05, 4.69) is 20.8 Å². The molecular weight excluding hydrogens is 476 g/mol. The van der Waals surface area contributed by atoms with Gasteiger partial charge in [0.2, 0.25) is 5.71 Å². The molecular formula is C27H24N4O4S. The van der Waals surface area contributed by atoms with E-state index in [1.165, 1.54) is 18.4 Å². The number of hydrogen-bond acceptors (Lipinski definition) is 7. The molecule has 0 saturated heterocycles. The van der Waals surface area contributed by atoms with Crippen molar-refractivity contribution in [2.24, 2.45) is 5.16 Å². The van der Waals surface area contributed by atoms with Crippen LogP contribution in [0.25, 0.3) is 0 Å². The van der Waals surface area contributed by atoms with Crippen molar-refractivity contribution in [2.45, 2.75) is 5.54 Å². The highest BCUT2D eigenvalue weighted by Crippen LogP contribution is 2.40. The van der Waals surface area contributed by atoms with Crippen molar-refractivity contribution in [3.05, 3.63) is 119 Å². The van der Waals surface area contributed by atoms with E-state index in [0.29, 0.717) is 5.13 Å². The highest BCUT2D eigenvalue weighted by atomic mass is 32.1. The molecule has 36 heavy (non-hydrogen) atoms. The van der Waals surface area contributed by atoms with Crippen LogP contribution in [0.1, 0.15) is 22.4 Å². The van der Waals surface area contributed by atoms with Crippen molar-refractivity contribution >= 4 is 34.1 Å². The van der Waals surface area contributed by atoms with Gasteiger partial charge in [0.15, 0.2) is 11.7 Å². The Balaban J connectivity index is 1.79.